The fraction of sp³-hybridized carbons (Fsp3) is 0.318. The van der Waals surface area contributed by atoms with Gasteiger partial charge in [0, 0.05) is 0 Å². The van der Waals surface area contributed by atoms with Crippen molar-refractivity contribution in [1.82, 2.24) is 24.4 Å². The zero-order chi connectivity index (χ0) is 21.5. The topological polar surface area (TPSA) is 83.9 Å². The maximum atomic E-state index is 13.0. The number of pyridine rings is 2. The van der Waals surface area contributed by atoms with Gasteiger partial charge in [-0.2, -0.15) is 11.3 Å². The average Bonchev–Trinajstić information content (AvgIpc) is 3.33. The van der Waals surface area contributed by atoms with Crippen molar-refractivity contribution in [2.24, 2.45) is 0 Å². The van der Waals surface area contributed by atoms with Crippen LogP contribution in [0.15, 0.2) is 44.7 Å². The molecule has 9 heteroatoms. The standard InChI is InChI=1S/C22H22BN5O2S/c1-2-18(23)27-8-5-14(6-9-27)28-20-15(21(29)26-22(28)30)11-24-17-4-3-16(25-19(17)20)13-7-10-31-12-13/h3-4,7,10-12,14,23H,2,5-6,8-9H2,1H3,(H,26,29,30). The van der Waals surface area contributed by atoms with Gasteiger partial charge in [-0.3, -0.25) is 0 Å². The summed E-state index contributed by atoms with van der Waals surface area (Å²) in [7, 11) is 4.14. The summed E-state index contributed by atoms with van der Waals surface area (Å²) in [5.74, 6) is 0. The quantitative estimate of drug-likeness (QED) is 0.397. The van der Waals surface area contributed by atoms with Gasteiger partial charge in [0.2, 0.25) is 0 Å². The van der Waals surface area contributed by atoms with Crippen molar-refractivity contribution in [1.29, 1.82) is 0 Å². The van der Waals surface area contributed by atoms with Gasteiger partial charge in [0.1, 0.15) is 0 Å². The zero-order valence-corrected chi connectivity index (χ0v) is 18.1. The summed E-state index contributed by atoms with van der Waals surface area (Å²) < 4.78 is 1.73. The molecule has 4 aromatic heterocycles. The molecule has 156 valence electrons. The summed E-state index contributed by atoms with van der Waals surface area (Å²) in [5, 5.41) is 4.42. The van der Waals surface area contributed by atoms with Gasteiger partial charge >= 0.3 is 167 Å². The fourth-order valence-corrected chi connectivity index (χ4v) is 5.02. The molecule has 0 saturated carbocycles. The molecule has 0 aromatic carbocycles. The molecule has 1 saturated heterocycles. The number of fused-ring (bicyclic) bond motifs is 3. The molecule has 1 fully saturated rings. The molecule has 5 heterocycles. The van der Waals surface area contributed by atoms with Gasteiger partial charge in [0.25, 0.3) is 0 Å². The van der Waals surface area contributed by atoms with Crippen LogP contribution in [0, 0.1) is 0 Å². The van der Waals surface area contributed by atoms with Crippen molar-refractivity contribution in [3.63, 3.8) is 0 Å². The number of aromatic amines is 1. The van der Waals surface area contributed by atoms with Crippen molar-refractivity contribution >= 4 is 46.3 Å². The molecule has 0 unspecified atom stereocenters. The second-order valence-corrected chi connectivity index (χ2v) is 8.64. The van der Waals surface area contributed by atoms with E-state index < -0.39 is 5.56 Å². The molecule has 1 N–H and O–H groups in total. The second-order valence-electron chi connectivity index (χ2n) is 7.86. The predicted molar refractivity (Wildman–Crippen MR) is 128 cm³/mol. The van der Waals surface area contributed by atoms with Crippen LogP contribution in [0.2, 0.25) is 0 Å². The Morgan fingerprint density at radius 1 is 1.26 bits per heavy atom. The number of hydrogen-bond donors (Lipinski definition) is 1. The Bertz CT molecular complexity index is 1400. The Kier molecular flexibility index (Phi) is 5.05. The maximum absolute atomic E-state index is 13.0. The van der Waals surface area contributed by atoms with E-state index in [2.05, 4.69) is 29.3 Å². The number of H-pyrrole nitrogens is 1. The molecular formula is C22H22BN5O2S. The number of aromatic nitrogens is 4. The van der Waals surface area contributed by atoms with E-state index in [9.17, 15) is 9.59 Å². The van der Waals surface area contributed by atoms with Crippen molar-refractivity contribution in [2.75, 3.05) is 13.1 Å². The number of rotatable bonds is 4. The molecule has 1 aliphatic rings. The van der Waals surface area contributed by atoms with E-state index >= 15 is 0 Å². The van der Waals surface area contributed by atoms with E-state index in [1.165, 1.54) is 0 Å². The third-order valence-electron chi connectivity index (χ3n) is 6.11. The second kappa shape index (κ2) is 7.88. The van der Waals surface area contributed by atoms with E-state index in [-0.39, 0.29) is 11.7 Å². The first-order valence-electron chi connectivity index (χ1n) is 10.5. The van der Waals surface area contributed by atoms with E-state index in [1.807, 2.05) is 29.0 Å². The zero-order valence-electron chi connectivity index (χ0n) is 17.3. The molecule has 4 aromatic rings. The van der Waals surface area contributed by atoms with E-state index in [1.54, 1.807) is 22.1 Å². The Hall–Kier alpha value is -3.07. The Morgan fingerprint density at radius 2 is 2.06 bits per heavy atom. The van der Waals surface area contributed by atoms with Crippen molar-refractivity contribution < 1.29 is 0 Å². The van der Waals surface area contributed by atoms with Gasteiger partial charge in [0.15, 0.2) is 0 Å². The Balaban J connectivity index is 1.71. The number of likely N-dealkylation sites (tertiary alicyclic amines) is 1. The van der Waals surface area contributed by atoms with Crippen molar-refractivity contribution in [3.05, 3.63) is 56.0 Å². The summed E-state index contributed by atoms with van der Waals surface area (Å²) >= 11 is 1.60. The minimum atomic E-state index is -0.426. The number of piperidine rings is 1. The third kappa shape index (κ3) is 3.42. The Morgan fingerprint density at radius 3 is 2.77 bits per heavy atom. The summed E-state index contributed by atoms with van der Waals surface area (Å²) in [4.78, 5) is 39.7. The summed E-state index contributed by atoms with van der Waals surface area (Å²) in [6.45, 7) is 3.77. The summed E-state index contributed by atoms with van der Waals surface area (Å²) in [6.07, 6.45) is 4.06. The van der Waals surface area contributed by atoms with Gasteiger partial charge in [-0.05, 0) is 5.38 Å². The summed E-state index contributed by atoms with van der Waals surface area (Å²) in [6, 6.07) is 5.81. The predicted octanol–water partition coefficient (Wildman–Crippen LogP) is 2.44. The molecule has 0 radical (unpaired) electrons. The van der Waals surface area contributed by atoms with E-state index in [4.69, 9.17) is 4.98 Å². The van der Waals surface area contributed by atoms with Crippen LogP contribution in [-0.2, 0) is 0 Å². The van der Waals surface area contributed by atoms with E-state index in [0.29, 0.717) is 21.9 Å². The first-order valence-corrected chi connectivity index (χ1v) is 11.4. The van der Waals surface area contributed by atoms with Crippen LogP contribution in [0.4, 0.5) is 0 Å². The molecule has 5 rings (SSSR count). The van der Waals surface area contributed by atoms with E-state index in [0.717, 1.165) is 49.2 Å². The monoisotopic (exact) mass is 431 g/mol. The molecule has 31 heavy (non-hydrogen) atoms. The van der Waals surface area contributed by atoms with Crippen molar-refractivity contribution in [2.45, 2.75) is 32.2 Å². The summed E-state index contributed by atoms with van der Waals surface area (Å²) in [5.41, 5.74) is 3.94. The van der Waals surface area contributed by atoms with Crippen LogP contribution in [-0.4, -0.2) is 50.6 Å². The minimum absolute atomic E-state index is 0.0232. The normalized spacial score (nSPS) is 15.0. The molecule has 1 aliphatic heterocycles. The molecule has 0 bridgehead atoms. The van der Waals surface area contributed by atoms with Gasteiger partial charge in [-0.25, -0.2) is 0 Å². The van der Waals surface area contributed by atoms with Gasteiger partial charge < -0.3 is 0 Å². The molecule has 0 spiro atoms. The van der Waals surface area contributed by atoms with Gasteiger partial charge in [-0.1, -0.05) is 0 Å². The number of hydrogen-bond acceptors (Lipinski definition) is 6. The fourth-order valence-electron chi connectivity index (χ4n) is 4.37. The molecule has 0 atom stereocenters. The van der Waals surface area contributed by atoms with Gasteiger partial charge in [0.05, 0.1) is 0 Å². The van der Waals surface area contributed by atoms with Gasteiger partial charge in [-0.15, -0.1) is 0 Å². The first-order chi connectivity index (χ1) is 15.1. The SMILES string of the molecule is B=C(CC)N1CCC(n2c(=O)[nH]c(=O)c3cnc4ccc(-c5ccsc5)nc4c32)CC1. The number of nitrogens with one attached hydrogen (secondary N) is 1. The third-order valence-corrected chi connectivity index (χ3v) is 6.80. The molecule has 0 aliphatic carbocycles. The van der Waals surface area contributed by atoms with Crippen LogP contribution >= 0.6 is 11.3 Å². The number of nitrogens with zero attached hydrogens (tertiary/aromatic N) is 4. The first kappa shape index (κ1) is 19.9. The van der Waals surface area contributed by atoms with Crippen LogP contribution in [0.1, 0.15) is 32.2 Å². The van der Waals surface area contributed by atoms with Crippen LogP contribution in [0.5, 0.6) is 0 Å². The molecule has 0 amide bonds. The average molecular weight is 431 g/mol. The van der Waals surface area contributed by atoms with Crippen LogP contribution < -0.4 is 11.2 Å². The number of thiophene rings is 1. The van der Waals surface area contributed by atoms with Crippen LogP contribution in [0.3, 0.4) is 0 Å². The van der Waals surface area contributed by atoms with Crippen LogP contribution in [0.25, 0.3) is 33.2 Å². The van der Waals surface area contributed by atoms with Crippen molar-refractivity contribution in [3.8, 4) is 11.3 Å². The Labute approximate surface area is 183 Å². The molecule has 7 nitrogen and oxygen atoms in total. The molecular weight excluding hydrogens is 409 g/mol.